The van der Waals surface area contributed by atoms with Crippen LogP contribution in [-0.2, 0) is 0 Å². The van der Waals surface area contributed by atoms with E-state index in [1.807, 2.05) is 24.3 Å². The molecule has 124 valence electrons. The first-order chi connectivity index (χ1) is 11.0. The molecule has 0 bridgehead atoms. The zero-order valence-corrected chi connectivity index (χ0v) is 12.7. The highest BCUT2D eigenvalue weighted by molar-refractivity contribution is 5.97. The Morgan fingerprint density at radius 2 is 1.91 bits per heavy atom. The third kappa shape index (κ3) is 3.09. The molecule has 2 aromatic rings. The van der Waals surface area contributed by atoms with Gasteiger partial charge in [0.25, 0.3) is 5.91 Å². The van der Waals surface area contributed by atoms with Gasteiger partial charge in [-0.2, -0.15) is 0 Å². The second-order valence-corrected chi connectivity index (χ2v) is 6.01. The SMILES string of the molecule is C[C@@H]1N[C@H](CNC(=O)c2cc3ccccc3[nH]2)[C@@H](O)[C@H](O)[C@@H]1O. The minimum absolute atomic E-state index is 0.142. The van der Waals surface area contributed by atoms with Gasteiger partial charge in [-0.3, -0.25) is 4.79 Å². The van der Waals surface area contributed by atoms with E-state index in [1.165, 1.54) is 0 Å². The maximum absolute atomic E-state index is 12.2. The van der Waals surface area contributed by atoms with Crippen LogP contribution in [0.3, 0.4) is 0 Å². The number of aliphatic hydroxyl groups excluding tert-OH is 3. The lowest BCUT2D eigenvalue weighted by Gasteiger charge is -2.40. The third-order valence-corrected chi connectivity index (χ3v) is 4.36. The van der Waals surface area contributed by atoms with Gasteiger partial charge in [0.15, 0.2) is 0 Å². The largest absolute Gasteiger partial charge is 0.389 e. The van der Waals surface area contributed by atoms with Gasteiger partial charge in [-0.1, -0.05) is 18.2 Å². The summed E-state index contributed by atoms with van der Waals surface area (Å²) < 4.78 is 0. The number of hydrogen-bond donors (Lipinski definition) is 6. The number of nitrogens with one attached hydrogen (secondary N) is 3. The van der Waals surface area contributed by atoms with Crippen molar-refractivity contribution in [1.29, 1.82) is 0 Å². The number of aromatic amines is 1. The number of para-hydroxylation sites is 1. The van der Waals surface area contributed by atoms with E-state index < -0.39 is 24.4 Å². The molecule has 0 spiro atoms. The maximum Gasteiger partial charge on any atom is 0.267 e. The number of fused-ring (bicyclic) bond motifs is 1. The van der Waals surface area contributed by atoms with E-state index >= 15 is 0 Å². The Bertz CT molecular complexity index is 668. The second-order valence-electron chi connectivity index (χ2n) is 6.01. The number of carbonyl (C=O) groups is 1. The lowest BCUT2D eigenvalue weighted by molar-refractivity contribution is -0.109. The summed E-state index contributed by atoms with van der Waals surface area (Å²) in [7, 11) is 0. The van der Waals surface area contributed by atoms with Crippen LogP contribution in [0.15, 0.2) is 30.3 Å². The van der Waals surface area contributed by atoms with Gasteiger partial charge < -0.3 is 30.9 Å². The summed E-state index contributed by atoms with van der Waals surface area (Å²) in [5, 5.41) is 36.2. The first kappa shape index (κ1) is 15.9. The summed E-state index contributed by atoms with van der Waals surface area (Å²) in [6.45, 7) is 1.86. The van der Waals surface area contributed by atoms with Crippen molar-refractivity contribution in [3.05, 3.63) is 36.0 Å². The fourth-order valence-electron chi connectivity index (χ4n) is 2.94. The summed E-state index contributed by atoms with van der Waals surface area (Å²) in [6.07, 6.45) is -3.42. The molecule has 6 N–H and O–H groups in total. The Morgan fingerprint density at radius 1 is 1.17 bits per heavy atom. The van der Waals surface area contributed by atoms with Crippen molar-refractivity contribution in [2.75, 3.05) is 6.54 Å². The van der Waals surface area contributed by atoms with E-state index in [1.54, 1.807) is 13.0 Å². The fraction of sp³-hybridized carbons (Fsp3) is 0.438. The minimum Gasteiger partial charge on any atom is -0.389 e. The molecule has 23 heavy (non-hydrogen) atoms. The van der Waals surface area contributed by atoms with Crippen molar-refractivity contribution >= 4 is 16.8 Å². The van der Waals surface area contributed by atoms with Gasteiger partial charge in [0.05, 0.1) is 18.2 Å². The zero-order chi connectivity index (χ0) is 16.6. The van der Waals surface area contributed by atoms with Crippen molar-refractivity contribution < 1.29 is 20.1 Å². The number of carbonyl (C=O) groups excluding carboxylic acids is 1. The molecule has 0 radical (unpaired) electrons. The summed E-state index contributed by atoms with van der Waals surface area (Å²) in [4.78, 5) is 15.3. The predicted octanol–water partition coefficient (Wildman–Crippen LogP) is -0.659. The van der Waals surface area contributed by atoms with Crippen molar-refractivity contribution in [1.82, 2.24) is 15.6 Å². The topological polar surface area (TPSA) is 118 Å². The fourth-order valence-corrected chi connectivity index (χ4v) is 2.94. The molecule has 7 nitrogen and oxygen atoms in total. The average molecular weight is 319 g/mol. The second kappa shape index (κ2) is 6.29. The molecule has 5 atom stereocenters. The number of aliphatic hydroxyl groups is 3. The average Bonchev–Trinajstić information content (AvgIpc) is 2.99. The number of H-pyrrole nitrogens is 1. The zero-order valence-electron chi connectivity index (χ0n) is 12.7. The summed E-state index contributed by atoms with van der Waals surface area (Å²) in [6, 6.07) is 8.44. The van der Waals surface area contributed by atoms with Gasteiger partial charge in [-0.15, -0.1) is 0 Å². The van der Waals surface area contributed by atoms with E-state index in [2.05, 4.69) is 15.6 Å². The molecule has 1 saturated heterocycles. The quantitative estimate of drug-likeness (QED) is 0.449. The highest BCUT2D eigenvalue weighted by Gasteiger charge is 2.40. The van der Waals surface area contributed by atoms with E-state index in [0.29, 0.717) is 5.69 Å². The normalized spacial score (nSPS) is 31.2. The summed E-state index contributed by atoms with van der Waals surface area (Å²) in [5.74, 6) is -0.288. The highest BCUT2D eigenvalue weighted by atomic mass is 16.4. The smallest absolute Gasteiger partial charge is 0.267 e. The highest BCUT2D eigenvalue weighted by Crippen LogP contribution is 2.16. The molecule has 0 saturated carbocycles. The van der Waals surface area contributed by atoms with E-state index in [9.17, 15) is 20.1 Å². The van der Waals surface area contributed by atoms with Crippen molar-refractivity contribution in [3.63, 3.8) is 0 Å². The van der Waals surface area contributed by atoms with Gasteiger partial charge >= 0.3 is 0 Å². The summed E-state index contributed by atoms with van der Waals surface area (Å²) in [5.41, 5.74) is 1.31. The molecular formula is C16H21N3O4. The Hall–Kier alpha value is -1.93. The van der Waals surface area contributed by atoms with Crippen molar-refractivity contribution in [3.8, 4) is 0 Å². The molecule has 1 aromatic carbocycles. The predicted molar refractivity (Wildman–Crippen MR) is 85.0 cm³/mol. The van der Waals surface area contributed by atoms with Gasteiger partial charge in [-0.05, 0) is 19.1 Å². The Kier molecular flexibility index (Phi) is 4.36. The van der Waals surface area contributed by atoms with Crippen LogP contribution < -0.4 is 10.6 Å². The molecule has 1 aliphatic rings. The Balaban J connectivity index is 1.64. The van der Waals surface area contributed by atoms with Crippen LogP contribution >= 0.6 is 0 Å². The molecule has 0 aliphatic carbocycles. The number of hydrogen-bond acceptors (Lipinski definition) is 5. The van der Waals surface area contributed by atoms with Crippen molar-refractivity contribution in [2.45, 2.75) is 37.3 Å². The molecule has 1 fully saturated rings. The van der Waals surface area contributed by atoms with E-state index in [4.69, 9.17) is 0 Å². The van der Waals surface area contributed by atoms with Gasteiger partial charge in [0.1, 0.15) is 11.8 Å². The Labute approximate surface area is 133 Å². The number of piperidine rings is 1. The lowest BCUT2D eigenvalue weighted by Crippen LogP contribution is -2.66. The Morgan fingerprint density at radius 3 is 2.65 bits per heavy atom. The molecule has 2 heterocycles. The number of amides is 1. The van der Waals surface area contributed by atoms with Gasteiger partial charge in [0.2, 0.25) is 0 Å². The molecule has 1 amide bonds. The number of rotatable bonds is 3. The van der Waals surface area contributed by atoms with Gasteiger partial charge in [0, 0.05) is 23.5 Å². The van der Waals surface area contributed by atoms with Crippen molar-refractivity contribution in [2.24, 2.45) is 0 Å². The number of aromatic nitrogens is 1. The standard InChI is InChI=1S/C16H21N3O4/c1-8-13(20)15(22)14(21)12(18-8)7-17-16(23)11-6-9-4-2-3-5-10(9)19-11/h2-6,8,12-15,18-22H,7H2,1H3,(H,17,23)/t8-,12+,13+,14+,15+/m0/s1. The van der Waals surface area contributed by atoms with Crippen LogP contribution in [0.2, 0.25) is 0 Å². The molecule has 0 unspecified atom stereocenters. The molecule has 7 heteroatoms. The third-order valence-electron chi connectivity index (χ3n) is 4.36. The van der Waals surface area contributed by atoms with Crippen LogP contribution in [0.1, 0.15) is 17.4 Å². The van der Waals surface area contributed by atoms with Crippen LogP contribution in [0.4, 0.5) is 0 Å². The first-order valence-corrected chi connectivity index (χ1v) is 7.63. The van der Waals surface area contributed by atoms with E-state index in [-0.39, 0.29) is 18.5 Å². The number of benzene rings is 1. The molecule has 3 rings (SSSR count). The van der Waals surface area contributed by atoms with Crippen LogP contribution in [0.5, 0.6) is 0 Å². The van der Waals surface area contributed by atoms with Crippen LogP contribution in [0, 0.1) is 0 Å². The van der Waals surface area contributed by atoms with Gasteiger partial charge in [-0.25, -0.2) is 0 Å². The van der Waals surface area contributed by atoms with E-state index in [0.717, 1.165) is 10.9 Å². The first-order valence-electron chi connectivity index (χ1n) is 7.63. The molecular weight excluding hydrogens is 298 g/mol. The molecule has 1 aromatic heterocycles. The molecule has 1 aliphatic heterocycles. The lowest BCUT2D eigenvalue weighted by atomic mass is 9.91. The minimum atomic E-state index is -1.23. The monoisotopic (exact) mass is 319 g/mol. The maximum atomic E-state index is 12.2. The summed E-state index contributed by atoms with van der Waals surface area (Å²) >= 11 is 0. The van der Waals surface area contributed by atoms with Crippen LogP contribution in [-0.4, -0.2) is 63.2 Å². The van der Waals surface area contributed by atoms with Crippen LogP contribution in [0.25, 0.3) is 10.9 Å².